The van der Waals surface area contributed by atoms with E-state index < -0.39 is 11.1 Å². The van der Waals surface area contributed by atoms with Crippen LogP contribution in [0, 0.1) is 5.92 Å². The van der Waals surface area contributed by atoms with Gasteiger partial charge in [0.2, 0.25) is 5.88 Å². The second kappa shape index (κ2) is 6.68. The van der Waals surface area contributed by atoms with Crippen molar-refractivity contribution in [3.63, 3.8) is 0 Å². The van der Waals surface area contributed by atoms with Gasteiger partial charge in [0.05, 0.1) is 12.9 Å². The summed E-state index contributed by atoms with van der Waals surface area (Å²) < 4.78 is 24.6. The van der Waals surface area contributed by atoms with Crippen LogP contribution in [0.4, 0.5) is 0 Å². The molecule has 0 fully saturated rings. The normalized spacial score (nSPS) is 16.2. The zero-order valence-corrected chi connectivity index (χ0v) is 10.8. The van der Waals surface area contributed by atoms with Gasteiger partial charge in [-0.25, -0.2) is 9.19 Å². The number of aromatic nitrogens is 1. The molecule has 0 aliphatic heterocycles. The third-order valence-electron chi connectivity index (χ3n) is 2.48. The molecule has 0 aliphatic rings. The number of nitrogens with two attached hydrogens (primary N) is 1. The van der Waals surface area contributed by atoms with Crippen molar-refractivity contribution < 1.29 is 13.5 Å². The molecule has 0 aliphatic carbocycles. The first-order valence-electron chi connectivity index (χ1n) is 5.36. The molecule has 3 unspecified atom stereocenters. The fraction of sp³-hybridized carbons (Fsp3) is 0.545. The van der Waals surface area contributed by atoms with Gasteiger partial charge in [-0.2, -0.15) is 0 Å². The maximum atomic E-state index is 10.7. The van der Waals surface area contributed by atoms with Gasteiger partial charge in [0.25, 0.3) is 0 Å². The Hall–Kier alpha value is -0.980. The van der Waals surface area contributed by atoms with Crippen LogP contribution in [-0.4, -0.2) is 26.6 Å². The average Bonchev–Trinajstić information content (AvgIpc) is 2.27. The monoisotopic (exact) mass is 258 g/mol. The summed E-state index contributed by atoms with van der Waals surface area (Å²) in [5.41, 5.74) is 6.87. The van der Waals surface area contributed by atoms with Crippen LogP contribution in [0.5, 0.6) is 5.88 Å². The molecule has 96 valence electrons. The molecule has 3 atom stereocenters. The third kappa shape index (κ3) is 4.41. The van der Waals surface area contributed by atoms with Crippen molar-refractivity contribution in [2.45, 2.75) is 19.4 Å². The summed E-state index contributed by atoms with van der Waals surface area (Å²) in [6, 6.07) is 3.42. The Morgan fingerprint density at radius 2 is 2.35 bits per heavy atom. The molecule has 0 saturated heterocycles. The fourth-order valence-electron chi connectivity index (χ4n) is 1.73. The first-order chi connectivity index (χ1) is 8.04. The van der Waals surface area contributed by atoms with Gasteiger partial charge >= 0.3 is 0 Å². The van der Waals surface area contributed by atoms with E-state index in [0.29, 0.717) is 12.3 Å². The van der Waals surface area contributed by atoms with Gasteiger partial charge in [0.15, 0.2) is 11.1 Å². The topological polar surface area (TPSA) is 85.4 Å². The number of methoxy groups -OCH3 is 1. The number of hydrogen-bond acceptors (Lipinski definition) is 4. The Kier molecular flexibility index (Phi) is 5.54. The van der Waals surface area contributed by atoms with Crippen molar-refractivity contribution in [2.24, 2.45) is 11.7 Å². The van der Waals surface area contributed by atoms with E-state index in [1.165, 1.54) is 0 Å². The standard InChI is InChI=1S/C11H18N2O3S/c1-8(7-17(14)15)6-10(12)9-4-3-5-13-11(9)16-2/h3-5,8,10H,6-7,12H2,1-2H3,(H,14,15). The second-order valence-electron chi connectivity index (χ2n) is 4.04. The molecule has 0 saturated carbocycles. The van der Waals surface area contributed by atoms with Crippen molar-refractivity contribution in [2.75, 3.05) is 12.9 Å². The Labute approximate surface area is 104 Å². The van der Waals surface area contributed by atoms with E-state index in [1.54, 1.807) is 19.4 Å². The molecule has 0 amide bonds. The van der Waals surface area contributed by atoms with E-state index in [-0.39, 0.29) is 17.7 Å². The molecule has 0 aromatic carbocycles. The van der Waals surface area contributed by atoms with Crippen molar-refractivity contribution in [3.8, 4) is 5.88 Å². The summed E-state index contributed by atoms with van der Waals surface area (Å²) in [6.07, 6.45) is 2.26. The average molecular weight is 258 g/mol. The van der Waals surface area contributed by atoms with Crippen LogP contribution >= 0.6 is 0 Å². The third-order valence-corrected chi connectivity index (χ3v) is 3.33. The maximum Gasteiger partial charge on any atom is 0.217 e. The maximum absolute atomic E-state index is 10.7. The van der Waals surface area contributed by atoms with Gasteiger partial charge in [-0.05, 0) is 18.4 Å². The van der Waals surface area contributed by atoms with Gasteiger partial charge in [0.1, 0.15) is 0 Å². The van der Waals surface area contributed by atoms with Crippen molar-refractivity contribution in [1.82, 2.24) is 4.98 Å². The lowest BCUT2D eigenvalue weighted by Crippen LogP contribution is -2.18. The molecule has 1 aromatic heterocycles. The molecule has 0 radical (unpaired) electrons. The fourth-order valence-corrected chi connectivity index (χ4v) is 2.35. The molecule has 1 aromatic rings. The number of pyridine rings is 1. The summed E-state index contributed by atoms with van der Waals surface area (Å²) in [4.78, 5) is 4.07. The SMILES string of the molecule is COc1ncccc1C(N)CC(C)CS(=O)O. The predicted molar refractivity (Wildman–Crippen MR) is 67.1 cm³/mol. The second-order valence-corrected chi connectivity index (χ2v) is 5.01. The minimum Gasteiger partial charge on any atom is -0.481 e. The summed E-state index contributed by atoms with van der Waals surface area (Å²) in [5, 5.41) is 0. The van der Waals surface area contributed by atoms with Crippen LogP contribution in [0.3, 0.4) is 0 Å². The van der Waals surface area contributed by atoms with Gasteiger partial charge in [0, 0.05) is 17.8 Å². The molecule has 5 nitrogen and oxygen atoms in total. The molecule has 3 N–H and O–H groups in total. The highest BCUT2D eigenvalue weighted by atomic mass is 32.2. The number of hydrogen-bond donors (Lipinski definition) is 2. The lowest BCUT2D eigenvalue weighted by Gasteiger charge is -2.17. The van der Waals surface area contributed by atoms with E-state index in [9.17, 15) is 4.21 Å². The van der Waals surface area contributed by atoms with E-state index in [2.05, 4.69) is 4.98 Å². The largest absolute Gasteiger partial charge is 0.481 e. The van der Waals surface area contributed by atoms with Crippen LogP contribution in [0.1, 0.15) is 24.9 Å². The molecular formula is C11H18N2O3S. The van der Waals surface area contributed by atoms with Crippen LogP contribution in [0.2, 0.25) is 0 Å². The number of ether oxygens (including phenoxy) is 1. The van der Waals surface area contributed by atoms with Gasteiger partial charge < -0.3 is 15.0 Å². The highest BCUT2D eigenvalue weighted by molar-refractivity contribution is 7.79. The van der Waals surface area contributed by atoms with Crippen LogP contribution in [0.25, 0.3) is 0 Å². The number of rotatable bonds is 6. The molecule has 0 spiro atoms. The van der Waals surface area contributed by atoms with E-state index in [1.807, 2.05) is 13.0 Å². The number of nitrogens with zero attached hydrogens (tertiary/aromatic N) is 1. The Bertz CT molecular complexity index is 387. The molecule has 0 bridgehead atoms. The lowest BCUT2D eigenvalue weighted by molar-refractivity contribution is 0.383. The lowest BCUT2D eigenvalue weighted by atomic mass is 9.98. The van der Waals surface area contributed by atoms with Crippen LogP contribution < -0.4 is 10.5 Å². The van der Waals surface area contributed by atoms with Crippen molar-refractivity contribution in [3.05, 3.63) is 23.9 Å². The highest BCUT2D eigenvalue weighted by Gasteiger charge is 2.16. The first-order valence-corrected chi connectivity index (χ1v) is 6.64. The van der Waals surface area contributed by atoms with Crippen LogP contribution in [0.15, 0.2) is 18.3 Å². The quantitative estimate of drug-likeness (QED) is 0.752. The zero-order valence-electron chi connectivity index (χ0n) is 10.00. The molecule has 1 rings (SSSR count). The molecule has 6 heteroatoms. The Balaban J connectivity index is 2.69. The molecule has 17 heavy (non-hydrogen) atoms. The Morgan fingerprint density at radius 1 is 1.65 bits per heavy atom. The van der Waals surface area contributed by atoms with Crippen molar-refractivity contribution in [1.29, 1.82) is 0 Å². The van der Waals surface area contributed by atoms with Crippen LogP contribution in [-0.2, 0) is 11.1 Å². The molecule has 1 heterocycles. The smallest absolute Gasteiger partial charge is 0.217 e. The summed E-state index contributed by atoms with van der Waals surface area (Å²) in [7, 11) is 1.55. The van der Waals surface area contributed by atoms with E-state index in [0.717, 1.165) is 5.56 Å². The van der Waals surface area contributed by atoms with E-state index in [4.69, 9.17) is 15.0 Å². The van der Waals surface area contributed by atoms with E-state index >= 15 is 0 Å². The zero-order chi connectivity index (χ0) is 12.8. The van der Waals surface area contributed by atoms with Gasteiger partial charge in [-0.15, -0.1) is 0 Å². The first kappa shape index (κ1) is 14.1. The summed E-state index contributed by atoms with van der Waals surface area (Å²) in [5.74, 6) is 0.814. The minimum absolute atomic E-state index is 0.0701. The van der Waals surface area contributed by atoms with Gasteiger partial charge in [-0.3, -0.25) is 0 Å². The minimum atomic E-state index is -1.78. The predicted octanol–water partition coefficient (Wildman–Crippen LogP) is 1.34. The van der Waals surface area contributed by atoms with Gasteiger partial charge in [-0.1, -0.05) is 13.0 Å². The highest BCUT2D eigenvalue weighted by Crippen LogP contribution is 2.25. The summed E-state index contributed by atoms with van der Waals surface area (Å²) in [6.45, 7) is 1.90. The molecular weight excluding hydrogens is 240 g/mol. The summed E-state index contributed by atoms with van der Waals surface area (Å²) >= 11 is -1.78. The Morgan fingerprint density at radius 3 is 2.94 bits per heavy atom. The van der Waals surface area contributed by atoms with Crippen molar-refractivity contribution >= 4 is 11.1 Å².